The summed E-state index contributed by atoms with van der Waals surface area (Å²) in [6.45, 7) is 1.59. The third kappa shape index (κ3) is 3.66. The van der Waals surface area contributed by atoms with E-state index in [1.807, 2.05) is 6.92 Å². The van der Waals surface area contributed by atoms with Gasteiger partial charge in [0.25, 0.3) is 0 Å². The Kier molecular flexibility index (Phi) is 4.54. The molecule has 6 heteroatoms. The molecule has 108 valence electrons. The first-order chi connectivity index (χ1) is 9.49. The van der Waals surface area contributed by atoms with E-state index < -0.39 is 5.97 Å². The van der Waals surface area contributed by atoms with Gasteiger partial charge in [-0.2, -0.15) is 0 Å². The number of rotatable bonds is 5. The second-order valence-corrected chi connectivity index (χ2v) is 6.44. The standard InChI is InChI=1S/C14H17NO4S/c1-14(7-2-8-20-14)13(18)15-10-3-5-11(6-4-10)19-9-12(16)17/h3-6H,2,7-9H2,1H3,(H,15,18)(H,16,17). The largest absolute Gasteiger partial charge is 0.482 e. The van der Waals surface area contributed by atoms with Crippen LogP contribution in [0.25, 0.3) is 0 Å². The minimum Gasteiger partial charge on any atom is -0.482 e. The number of hydrogen-bond acceptors (Lipinski definition) is 4. The number of thioether (sulfide) groups is 1. The fourth-order valence-corrected chi connectivity index (χ4v) is 3.21. The predicted molar refractivity (Wildman–Crippen MR) is 78.3 cm³/mol. The van der Waals surface area contributed by atoms with Gasteiger partial charge in [-0.05, 0) is 49.8 Å². The maximum absolute atomic E-state index is 12.2. The molecule has 2 N–H and O–H groups in total. The zero-order valence-electron chi connectivity index (χ0n) is 11.2. The monoisotopic (exact) mass is 295 g/mol. The zero-order valence-corrected chi connectivity index (χ0v) is 12.0. The quantitative estimate of drug-likeness (QED) is 0.872. The molecule has 0 saturated carbocycles. The van der Waals surface area contributed by atoms with E-state index in [-0.39, 0.29) is 17.3 Å². The van der Waals surface area contributed by atoms with E-state index in [1.54, 1.807) is 36.0 Å². The molecule has 1 unspecified atom stereocenters. The maximum Gasteiger partial charge on any atom is 0.341 e. The van der Waals surface area contributed by atoms with Crippen LogP contribution in [0, 0.1) is 0 Å². The van der Waals surface area contributed by atoms with Crippen molar-refractivity contribution >= 4 is 29.3 Å². The van der Waals surface area contributed by atoms with Crippen molar-refractivity contribution < 1.29 is 19.4 Å². The van der Waals surface area contributed by atoms with E-state index >= 15 is 0 Å². The Morgan fingerprint density at radius 1 is 1.40 bits per heavy atom. The average molecular weight is 295 g/mol. The number of carboxylic acid groups (broad SMARTS) is 1. The van der Waals surface area contributed by atoms with E-state index in [9.17, 15) is 9.59 Å². The topological polar surface area (TPSA) is 75.6 Å². The number of carbonyl (C=O) groups is 2. The lowest BCUT2D eigenvalue weighted by molar-refractivity contribution is -0.139. The molecule has 1 fully saturated rings. The minimum atomic E-state index is -1.02. The molecule has 1 aliphatic rings. The first-order valence-electron chi connectivity index (χ1n) is 6.40. The van der Waals surface area contributed by atoms with Crippen LogP contribution in [0.1, 0.15) is 19.8 Å². The summed E-state index contributed by atoms with van der Waals surface area (Å²) in [6, 6.07) is 6.70. The Morgan fingerprint density at radius 3 is 2.65 bits per heavy atom. The van der Waals surface area contributed by atoms with Gasteiger partial charge in [-0.25, -0.2) is 4.79 Å². The molecule has 5 nitrogen and oxygen atoms in total. The molecule has 1 amide bonds. The number of benzene rings is 1. The Balaban J connectivity index is 1.93. The first kappa shape index (κ1) is 14.7. The highest BCUT2D eigenvalue weighted by atomic mass is 32.2. The van der Waals surface area contributed by atoms with Gasteiger partial charge in [0.1, 0.15) is 5.75 Å². The lowest BCUT2D eigenvalue weighted by Crippen LogP contribution is -2.34. The summed E-state index contributed by atoms with van der Waals surface area (Å²) in [5, 5.41) is 11.4. The Hall–Kier alpha value is -1.69. The number of hydrogen-bond donors (Lipinski definition) is 2. The van der Waals surface area contributed by atoms with Crippen LogP contribution in [-0.2, 0) is 9.59 Å². The summed E-state index contributed by atoms with van der Waals surface area (Å²) in [6.07, 6.45) is 1.96. The van der Waals surface area contributed by atoms with E-state index in [0.717, 1.165) is 18.6 Å². The van der Waals surface area contributed by atoms with Crippen LogP contribution in [0.15, 0.2) is 24.3 Å². The molecule has 1 atom stereocenters. The van der Waals surface area contributed by atoms with Gasteiger partial charge >= 0.3 is 5.97 Å². The molecule has 1 aromatic carbocycles. The van der Waals surface area contributed by atoms with Crippen molar-refractivity contribution in [1.29, 1.82) is 0 Å². The number of amides is 1. The predicted octanol–water partition coefficient (Wildman–Crippen LogP) is 2.37. The van der Waals surface area contributed by atoms with Gasteiger partial charge in [-0.15, -0.1) is 11.8 Å². The third-order valence-electron chi connectivity index (χ3n) is 3.17. The first-order valence-corrected chi connectivity index (χ1v) is 7.38. The number of nitrogens with one attached hydrogen (secondary N) is 1. The summed E-state index contributed by atoms with van der Waals surface area (Å²) in [7, 11) is 0. The Bertz CT molecular complexity index is 494. The van der Waals surface area contributed by atoms with Crippen molar-refractivity contribution in [2.75, 3.05) is 17.7 Å². The van der Waals surface area contributed by atoms with Crippen LogP contribution in [0.2, 0.25) is 0 Å². The molecule has 0 radical (unpaired) electrons. The molecule has 20 heavy (non-hydrogen) atoms. The van der Waals surface area contributed by atoms with Gasteiger partial charge in [0.2, 0.25) is 5.91 Å². The van der Waals surface area contributed by atoms with Crippen molar-refractivity contribution in [3.63, 3.8) is 0 Å². The fraction of sp³-hybridized carbons (Fsp3) is 0.429. The molecule has 2 rings (SSSR count). The minimum absolute atomic E-state index is 0.0132. The molecular weight excluding hydrogens is 278 g/mol. The Labute approximate surface area is 121 Å². The van der Waals surface area contributed by atoms with E-state index in [2.05, 4.69) is 5.32 Å². The third-order valence-corrected chi connectivity index (χ3v) is 4.69. The molecule has 1 aromatic rings. The van der Waals surface area contributed by atoms with Gasteiger partial charge in [0.05, 0.1) is 4.75 Å². The van der Waals surface area contributed by atoms with Crippen molar-refractivity contribution in [1.82, 2.24) is 0 Å². The molecule has 1 saturated heterocycles. The highest BCUT2D eigenvalue weighted by molar-refractivity contribution is 8.01. The second kappa shape index (κ2) is 6.17. The summed E-state index contributed by atoms with van der Waals surface area (Å²) in [5.74, 6) is 0.478. The maximum atomic E-state index is 12.2. The number of anilines is 1. The average Bonchev–Trinajstić information content (AvgIpc) is 2.86. The fourth-order valence-electron chi connectivity index (χ4n) is 2.00. The molecule has 0 bridgehead atoms. The van der Waals surface area contributed by atoms with Gasteiger partial charge in [0, 0.05) is 5.69 Å². The molecule has 0 aromatic heterocycles. The summed E-state index contributed by atoms with van der Waals surface area (Å²) in [4.78, 5) is 22.6. The van der Waals surface area contributed by atoms with Crippen LogP contribution in [0.4, 0.5) is 5.69 Å². The molecule has 0 spiro atoms. The van der Waals surface area contributed by atoms with Gasteiger partial charge in [-0.3, -0.25) is 4.79 Å². The number of aliphatic carboxylic acids is 1. The molecule has 0 aliphatic carbocycles. The smallest absolute Gasteiger partial charge is 0.341 e. The van der Waals surface area contributed by atoms with Crippen LogP contribution in [-0.4, -0.2) is 34.1 Å². The van der Waals surface area contributed by atoms with Crippen LogP contribution in [0.3, 0.4) is 0 Å². The summed E-state index contributed by atoms with van der Waals surface area (Å²) < 4.78 is 4.68. The number of ether oxygens (including phenoxy) is 1. The lowest BCUT2D eigenvalue weighted by atomic mass is 10.0. The van der Waals surface area contributed by atoms with Crippen molar-refractivity contribution in [3.8, 4) is 5.75 Å². The second-order valence-electron chi connectivity index (χ2n) is 4.84. The lowest BCUT2D eigenvalue weighted by Gasteiger charge is -2.21. The number of carbonyl (C=O) groups excluding carboxylic acids is 1. The Morgan fingerprint density at radius 2 is 2.10 bits per heavy atom. The van der Waals surface area contributed by atoms with Crippen LogP contribution >= 0.6 is 11.8 Å². The van der Waals surface area contributed by atoms with Gasteiger partial charge in [-0.1, -0.05) is 0 Å². The SMILES string of the molecule is CC1(C(=O)Nc2ccc(OCC(=O)O)cc2)CCCS1. The van der Waals surface area contributed by atoms with E-state index in [1.165, 1.54) is 0 Å². The highest BCUT2D eigenvalue weighted by Gasteiger charge is 2.37. The van der Waals surface area contributed by atoms with Crippen LogP contribution in [0.5, 0.6) is 5.75 Å². The van der Waals surface area contributed by atoms with E-state index in [0.29, 0.717) is 11.4 Å². The van der Waals surface area contributed by atoms with E-state index in [4.69, 9.17) is 9.84 Å². The van der Waals surface area contributed by atoms with Gasteiger partial charge < -0.3 is 15.2 Å². The normalized spacial score (nSPS) is 21.4. The molecular formula is C14H17NO4S. The van der Waals surface area contributed by atoms with Crippen molar-refractivity contribution in [2.45, 2.75) is 24.5 Å². The molecule has 1 aliphatic heterocycles. The summed E-state index contributed by atoms with van der Waals surface area (Å²) >= 11 is 1.68. The number of carboxylic acids is 1. The van der Waals surface area contributed by atoms with Crippen LogP contribution < -0.4 is 10.1 Å². The van der Waals surface area contributed by atoms with Gasteiger partial charge in [0.15, 0.2) is 6.61 Å². The molecule has 1 heterocycles. The highest BCUT2D eigenvalue weighted by Crippen LogP contribution is 2.38. The summed E-state index contributed by atoms with van der Waals surface area (Å²) in [5.41, 5.74) is 0.686. The zero-order chi connectivity index (χ0) is 14.6. The van der Waals surface area contributed by atoms with Crippen molar-refractivity contribution in [2.24, 2.45) is 0 Å². The van der Waals surface area contributed by atoms with Crippen molar-refractivity contribution in [3.05, 3.63) is 24.3 Å².